The summed E-state index contributed by atoms with van der Waals surface area (Å²) >= 11 is 0. The number of hydrogen-bond acceptors (Lipinski definition) is 4. The first-order valence-electron chi connectivity index (χ1n) is 5.60. The predicted octanol–water partition coefficient (Wildman–Crippen LogP) is 0.674. The van der Waals surface area contributed by atoms with Crippen LogP contribution in [0.25, 0.3) is 0 Å². The van der Waals surface area contributed by atoms with E-state index >= 15 is 0 Å². The second kappa shape index (κ2) is 6.19. The molecule has 106 valence electrons. The van der Waals surface area contributed by atoms with Crippen molar-refractivity contribution >= 4 is 16.0 Å². The van der Waals surface area contributed by atoms with Gasteiger partial charge in [0.25, 0.3) is 0 Å². The van der Waals surface area contributed by atoms with Crippen LogP contribution >= 0.6 is 0 Å². The summed E-state index contributed by atoms with van der Waals surface area (Å²) in [6, 6.07) is 0. The highest BCUT2D eigenvalue weighted by Crippen LogP contribution is 2.12. The van der Waals surface area contributed by atoms with Gasteiger partial charge in [0.1, 0.15) is 6.23 Å². The van der Waals surface area contributed by atoms with Crippen LogP contribution in [0.2, 0.25) is 0 Å². The summed E-state index contributed by atoms with van der Waals surface area (Å²) in [4.78, 5) is 5.57. The highest BCUT2D eigenvalue weighted by molar-refractivity contribution is 7.88. The Bertz CT molecular complexity index is 427. The molecule has 0 aliphatic carbocycles. The first kappa shape index (κ1) is 16.9. The monoisotopic (exact) mass is 277 g/mol. The molecule has 0 aromatic rings. The van der Waals surface area contributed by atoms with Gasteiger partial charge < -0.3 is 10.0 Å². The molecular weight excluding hydrogens is 254 g/mol. The number of sulfonamides is 1. The van der Waals surface area contributed by atoms with E-state index in [9.17, 15) is 13.5 Å². The van der Waals surface area contributed by atoms with Crippen molar-refractivity contribution in [1.29, 1.82) is 0 Å². The number of aliphatic hydroxyl groups excluding tert-OH is 1. The maximum atomic E-state index is 11.6. The van der Waals surface area contributed by atoms with Crippen molar-refractivity contribution in [1.82, 2.24) is 9.21 Å². The lowest BCUT2D eigenvalue weighted by atomic mass is 10.2. The van der Waals surface area contributed by atoms with Crippen molar-refractivity contribution in [2.24, 2.45) is 10.9 Å². The Morgan fingerprint density at radius 2 is 1.72 bits per heavy atom. The average molecular weight is 277 g/mol. The smallest absolute Gasteiger partial charge is 0.234 e. The van der Waals surface area contributed by atoms with Gasteiger partial charge in [-0.25, -0.2) is 17.7 Å². The number of hydrogen-bond donors (Lipinski definition) is 1. The third-order valence-electron chi connectivity index (χ3n) is 2.57. The summed E-state index contributed by atoms with van der Waals surface area (Å²) in [6.45, 7) is 9.13. The lowest BCUT2D eigenvalue weighted by Crippen LogP contribution is -2.46. The Morgan fingerprint density at radius 1 is 1.28 bits per heavy atom. The molecule has 0 fully saturated rings. The molecule has 18 heavy (non-hydrogen) atoms. The van der Waals surface area contributed by atoms with Crippen molar-refractivity contribution in [3.8, 4) is 0 Å². The van der Waals surface area contributed by atoms with Gasteiger partial charge in [-0.2, -0.15) is 0 Å². The number of rotatable bonds is 4. The summed E-state index contributed by atoms with van der Waals surface area (Å²) < 4.78 is 24.1. The first-order valence-corrected chi connectivity index (χ1v) is 7.45. The van der Waals surface area contributed by atoms with Crippen molar-refractivity contribution < 1.29 is 13.5 Å². The largest absolute Gasteiger partial charge is 0.374 e. The van der Waals surface area contributed by atoms with Gasteiger partial charge in [-0.05, 0) is 12.8 Å². The highest BCUT2D eigenvalue weighted by Gasteiger charge is 2.23. The van der Waals surface area contributed by atoms with Crippen LogP contribution in [0.5, 0.6) is 0 Å². The molecule has 0 heterocycles. The van der Waals surface area contributed by atoms with E-state index in [-0.39, 0.29) is 11.9 Å². The Balaban J connectivity index is 5.53. The predicted molar refractivity (Wildman–Crippen MR) is 73.5 cm³/mol. The Hall–Kier alpha value is -1.08. The highest BCUT2D eigenvalue weighted by atomic mass is 32.2. The van der Waals surface area contributed by atoms with E-state index in [1.165, 1.54) is 18.9 Å². The average Bonchev–Trinajstić information content (AvgIpc) is 2.21. The number of nitrogens with zero attached hydrogens (tertiary/aromatic N) is 3. The normalized spacial score (nSPS) is 14.6. The lowest BCUT2D eigenvalue weighted by molar-refractivity contribution is 0.0822. The van der Waals surface area contributed by atoms with Gasteiger partial charge in [0.15, 0.2) is 0 Å². The van der Waals surface area contributed by atoms with Gasteiger partial charge in [-0.15, -0.1) is 0 Å². The van der Waals surface area contributed by atoms with E-state index in [0.29, 0.717) is 5.70 Å². The van der Waals surface area contributed by atoms with Gasteiger partial charge in [-0.3, -0.25) is 0 Å². The summed E-state index contributed by atoms with van der Waals surface area (Å²) in [6.07, 6.45) is 0.226. The Kier molecular flexibility index (Phi) is 5.82. The van der Waals surface area contributed by atoms with E-state index in [2.05, 4.69) is 11.6 Å². The van der Waals surface area contributed by atoms with Crippen LogP contribution < -0.4 is 0 Å². The minimum atomic E-state index is -3.44. The van der Waals surface area contributed by atoms with Crippen LogP contribution in [0, 0.1) is 5.92 Å². The molecule has 1 N–H and O–H groups in total. The molecule has 0 radical (unpaired) electrons. The zero-order valence-electron chi connectivity index (χ0n) is 11.9. The molecule has 1 atom stereocenters. The first-order chi connectivity index (χ1) is 7.98. The molecule has 0 aliphatic rings. The zero-order chi connectivity index (χ0) is 14.7. The molecule has 0 amide bonds. The minimum Gasteiger partial charge on any atom is -0.374 e. The molecular formula is C11H23N3O3S. The molecule has 0 aromatic carbocycles. The van der Waals surface area contributed by atoms with Gasteiger partial charge in [0.2, 0.25) is 16.0 Å². The zero-order valence-corrected chi connectivity index (χ0v) is 12.7. The molecule has 0 bridgehead atoms. The van der Waals surface area contributed by atoms with Crippen LogP contribution in [0.1, 0.15) is 20.8 Å². The summed E-state index contributed by atoms with van der Waals surface area (Å²) in [5.41, 5.74) is 0.549. The number of aliphatic hydroxyl groups is 1. The van der Waals surface area contributed by atoms with E-state index in [1.807, 2.05) is 13.8 Å². The number of guanidine groups is 1. The molecule has 6 nitrogen and oxygen atoms in total. The lowest BCUT2D eigenvalue weighted by Gasteiger charge is -2.30. The fourth-order valence-electron chi connectivity index (χ4n) is 0.944. The Labute approximate surface area is 110 Å². The Morgan fingerprint density at radius 3 is 2.00 bits per heavy atom. The van der Waals surface area contributed by atoms with Crippen molar-refractivity contribution in [3.05, 3.63) is 12.3 Å². The van der Waals surface area contributed by atoms with Crippen molar-refractivity contribution in [2.45, 2.75) is 27.0 Å². The third kappa shape index (κ3) is 4.66. The van der Waals surface area contributed by atoms with Crippen LogP contribution in [0.15, 0.2) is 17.3 Å². The van der Waals surface area contributed by atoms with Gasteiger partial charge in [-0.1, -0.05) is 20.4 Å². The van der Waals surface area contributed by atoms with Gasteiger partial charge >= 0.3 is 0 Å². The quantitative estimate of drug-likeness (QED) is 0.466. The molecule has 0 aliphatic heterocycles. The van der Waals surface area contributed by atoms with Crippen molar-refractivity contribution in [3.63, 3.8) is 0 Å². The van der Waals surface area contributed by atoms with Crippen LogP contribution in [0.4, 0.5) is 0 Å². The summed E-state index contributed by atoms with van der Waals surface area (Å²) in [5.74, 6) is 0.238. The van der Waals surface area contributed by atoms with Gasteiger partial charge in [0.05, 0.1) is 6.26 Å². The van der Waals surface area contributed by atoms with Crippen LogP contribution in [-0.2, 0) is 10.0 Å². The van der Waals surface area contributed by atoms with Crippen LogP contribution in [-0.4, -0.2) is 55.3 Å². The maximum absolute atomic E-state index is 11.6. The SMILES string of the molecule is C=C(N=C(N(C)C(C)O)N(C)S(C)(=O)=O)C(C)C. The van der Waals surface area contributed by atoms with Crippen molar-refractivity contribution in [2.75, 3.05) is 20.4 Å². The van der Waals surface area contributed by atoms with E-state index in [0.717, 1.165) is 10.6 Å². The molecule has 0 saturated carbocycles. The summed E-state index contributed by atoms with van der Waals surface area (Å²) in [5, 5.41) is 9.55. The molecule has 0 saturated heterocycles. The number of aliphatic imine (C=N–C) groups is 1. The maximum Gasteiger partial charge on any atom is 0.234 e. The number of allylic oxidation sites excluding steroid dienone is 1. The molecule has 0 aromatic heterocycles. The summed E-state index contributed by atoms with van der Waals surface area (Å²) in [7, 11) is -0.485. The minimum absolute atomic E-state index is 0.0929. The van der Waals surface area contributed by atoms with E-state index in [1.54, 1.807) is 7.05 Å². The molecule has 7 heteroatoms. The topological polar surface area (TPSA) is 73.2 Å². The van der Waals surface area contributed by atoms with Crippen LogP contribution in [0.3, 0.4) is 0 Å². The standard InChI is InChI=1S/C11H23N3O3S/c1-8(2)9(3)12-11(13(5)10(4)15)14(6)18(7,16)17/h8,10,15H,3H2,1-2,4-7H3. The molecule has 0 rings (SSSR count). The van der Waals surface area contributed by atoms with E-state index < -0.39 is 16.3 Å². The second-order valence-electron chi connectivity index (χ2n) is 4.53. The fraction of sp³-hybridized carbons (Fsp3) is 0.727. The molecule has 0 spiro atoms. The van der Waals surface area contributed by atoms with E-state index in [4.69, 9.17) is 0 Å². The molecule has 1 unspecified atom stereocenters. The fourth-order valence-corrected chi connectivity index (χ4v) is 1.41. The van der Waals surface area contributed by atoms with Gasteiger partial charge in [0, 0.05) is 19.8 Å². The third-order valence-corrected chi connectivity index (χ3v) is 3.72. The second-order valence-corrected chi connectivity index (χ2v) is 6.54.